The molecule has 0 amide bonds. The van der Waals surface area contributed by atoms with Gasteiger partial charge in [0, 0.05) is 61.2 Å². The molecule has 0 spiro atoms. The van der Waals surface area contributed by atoms with E-state index in [-0.39, 0.29) is 29.5 Å². The third kappa shape index (κ3) is 3.76. The number of aliphatic hydroxyl groups excluding tert-OH is 1. The Morgan fingerprint density at radius 3 is 2.11 bits per heavy atom. The van der Waals surface area contributed by atoms with Gasteiger partial charge in [-0.05, 0) is 43.8 Å². The van der Waals surface area contributed by atoms with E-state index in [0.717, 1.165) is 0 Å². The minimum Gasteiger partial charge on any atom is -0.504 e. The summed E-state index contributed by atoms with van der Waals surface area (Å²) in [4.78, 5) is 53.0. The van der Waals surface area contributed by atoms with Gasteiger partial charge in [0.25, 0.3) is 0 Å². The summed E-state index contributed by atoms with van der Waals surface area (Å²) in [5.74, 6) is -5.65. The zero-order valence-electron chi connectivity index (χ0n) is 28.5. The van der Waals surface area contributed by atoms with Gasteiger partial charge in [-0.2, -0.15) is 0 Å². The summed E-state index contributed by atoms with van der Waals surface area (Å²) in [7, 11) is 0. The van der Waals surface area contributed by atoms with Gasteiger partial charge in [0.05, 0.1) is 11.5 Å². The Bertz CT molecular complexity index is 1570. The van der Waals surface area contributed by atoms with Crippen molar-refractivity contribution in [3.8, 4) is 0 Å². The fourth-order valence-electron chi connectivity index (χ4n) is 12.0. The molecule has 5 aliphatic carbocycles. The number of hydrogen-bond acceptors (Lipinski definition) is 11. The lowest BCUT2D eigenvalue weighted by Crippen LogP contribution is -2.66. The van der Waals surface area contributed by atoms with E-state index < -0.39 is 99.5 Å². The molecule has 2 saturated heterocycles. The normalized spacial score (nSPS) is 52.0. The molecule has 0 aromatic rings. The molecule has 0 aromatic carbocycles. The van der Waals surface area contributed by atoms with Gasteiger partial charge >= 0.3 is 17.9 Å². The number of allylic oxidation sites excluding steroid dienone is 2. The Morgan fingerprint density at radius 1 is 0.915 bits per heavy atom. The number of Topliss-reactive ketones (excluding diaryl/α,β-unsaturated/α-hetero) is 1. The second kappa shape index (κ2) is 9.71. The smallest absolute Gasteiger partial charge is 0.303 e. The number of rotatable bonds is 3. The molecule has 3 saturated carbocycles. The van der Waals surface area contributed by atoms with Gasteiger partial charge in [0.15, 0.2) is 5.76 Å². The Labute approximate surface area is 274 Å². The molecule has 0 aromatic heterocycles. The summed E-state index contributed by atoms with van der Waals surface area (Å²) in [6.45, 7) is 19.4. The minimum atomic E-state index is -1.58. The number of fused-ring (bicyclic) bond motifs is 10. The maximum Gasteiger partial charge on any atom is 0.303 e. The predicted octanol–water partition coefficient (Wildman–Crippen LogP) is 3.94. The van der Waals surface area contributed by atoms with E-state index in [0.29, 0.717) is 17.8 Å². The number of ketones is 1. The van der Waals surface area contributed by atoms with Crippen LogP contribution in [-0.4, -0.2) is 70.0 Å². The van der Waals surface area contributed by atoms with E-state index in [1.54, 1.807) is 6.92 Å². The van der Waals surface area contributed by atoms with Crippen molar-refractivity contribution in [1.82, 2.24) is 0 Å². The second-order valence-corrected chi connectivity index (χ2v) is 16.0. The zero-order chi connectivity index (χ0) is 34.5. The van der Waals surface area contributed by atoms with Crippen molar-refractivity contribution >= 4 is 23.7 Å². The molecule has 11 heteroatoms. The van der Waals surface area contributed by atoms with Crippen LogP contribution in [0.5, 0.6) is 0 Å². The summed E-state index contributed by atoms with van der Waals surface area (Å²) < 4.78 is 30.7. The Morgan fingerprint density at radius 2 is 1.51 bits per heavy atom. The molecule has 2 heterocycles. The van der Waals surface area contributed by atoms with Crippen LogP contribution in [0.1, 0.15) is 68.7 Å². The maximum atomic E-state index is 14.4. The molecule has 16 atom stereocenters. The number of carbonyl (C=O) groups excluding carboxylic acids is 4. The van der Waals surface area contributed by atoms with E-state index in [2.05, 4.69) is 6.58 Å². The maximum absolute atomic E-state index is 14.4. The lowest BCUT2D eigenvalue weighted by molar-refractivity contribution is -0.199. The first kappa shape index (κ1) is 32.4. The largest absolute Gasteiger partial charge is 0.504 e. The molecule has 5 fully saturated rings. The van der Waals surface area contributed by atoms with Crippen LogP contribution < -0.4 is 0 Å². The molecular weight excluding hydrogens is 608 g/mol. The van der Waals surface area contributed by atoms with Crippen molar-refractivity contribution in [2.75, 3.05) is 0 Å². The molecule has 47 heavy (non-hydrogen) atoms. The van der Waals surface area contributed by atoms with Crippen LogP contribution in [-0.2, 0) is 42.9 Å². The van der Waals surface area contributed by atoms with Gasteiger partial charge in [-0.3, -0.25) is 19.2 Å². The average molecular weight is 655 g/mol. The standard InChI is InChI=1S/C36H46O11/c1-13-11-21-35(9,36(10,42)15(3)43-21)26-23(13)34(8)25(30(26)44-16(4)37)22-24(14(2)31(34)45-17(5)38)33(7)19(27(40)28(22)41)12-20-29(47-20)32(33)46-18(6)39/h11,13-14,19-20,23-26,29-32,41-42H,3,12H2,1-2,4-10H3/t13-,14+,19-,20+,23+,24?,25-,26+,29+,30-,31+,32+,33+,34-,35+,36-/m1/s1. The van der Waals surface area contributed by atoms with Crippen LogP contribution in [0.4, 0.5) is 0 Å². The minimum absolute atomic E-state index is 0.166. The third-order valence-electron chi connectivity index (χ3n) is 13.8. The number of carbonyl (C=O) groups is 4. The molecule has 256 valence electrons. The highest BCUT2D eigenvalue weighted by atomic mass is 16.6. The molecule has 0 bridgehead atoms. The highest BCUT2D eigenvalue weighted by Gasteiger charge is 2.80. The van der Waals surface area contributed by atoms with Crippen molar-refractivity contribution in [3.63, 3.8) is 0 Å². The zero-order valence-corrected chi connectivity index (χ0v) is 28.5. The SMILES string of the molecule is C=C1OC2=C[C@@H](C)[C@H]3[C@@H]([C@H](OC(C)=O)[C@H]4C5=C(O)C(=O)[C@H]6C[C@@H]7O[C@@H]7[C@H](OC(C)=O)[C@]6(C)C5[C@H](C)[C@H](OC(C)=O)[C@]34C)[C@@]2(C)[C@]1(C)O. The number of aliphatic hydroxyl groups is 2. The van der Waals surface area contributed by atoms with Crippen molar-refractivity contribution in [2.45, 2.75) is 105 Å². The van der Waals surface area contributed by atoms with Gasteiger partial charge in [-0.25, -0.2) is 0 Å². The van der Waals surface area contributed by atoms with Crippen LogP contribution in [0.25, 0.3) is 0 Å². The molecule has 2 aliphatic heterocycles. The molecule has 0 radical (unpaired) electrons. The van der Waals surface area contributed by atoms with Crippen LogP contribution in [0.3, 0.4) is 0 Å². The predicted molar refractivity (Wildman–Crippen MR) is 164 cm³/mol. The molecule has 7 rings (SSSR count). The first-order valence-electron chi connectivity index (χ1n) is 16.7. The van der Waals surface area contributed by atoms with Crippen LogP contribution in [0.2, 0.25) is 0 Å². The highest BCUT2D eigenvalue weighted by molar-refractivity contribution is 5.98. The fourth-order valence-corrected chi connectivity index (χ4v) is 12.0. The second-order valence-electron chi connectivity index (χ2n) is 16.0. The van der Waals surface area contributed by atoms with Crippen molar-refractivity contribution in [1.29, 1.82) is 0 Å². The van der Waals surface area contributed by atoms with E-state index in [4.69, 9.17) is 23.7 Å². The highest BCUT2D eigenvalue weighted by Crippen LogP contribution is 2.76. The molecule has 11 nitrogen and oxygen atoms in total. The van der Waals surface area contributed by atoms with Gasteiger partial charge < -0.3 is 33.9 Å². The van der Waals surface area contributed by atoms with E-state index in [1.165, 1.54) is 20.8 Å². The first-order chi connectivity index (χ1) is 21.7. The van der Waals surface area contributed by atoms with Gasteiger partial charge in [-0.15, -0.1) is 0 Å². The first-order valence-corrected chi connectivity index (χ1v) is 16.7. The van der Waals surface area contributed by atoms with Crippen LogP contribution in [0.15, 0.2) is 35.5 Å². The molecule has 2 N–H and O–H groups in total. The summed E-state index contributed by atoms with van der Waals surface area (Å²) in [5.41, 5.74) is -4.36. The fraction of sp³-hybridized carbons (Fsp3) is 0.722. The van der Waals surface area contributed by atoms with Crippen LogP contribution in [0, 0.1) is 57.7 Å². The van der Waals surface area contributed by atoms with E-state index >= 15 is 0 Å². The molecular formula is C36H46O11. The Hall–Kier alpha value is -3.18. The summed E-state index contributed by atoms with van der Waals surface area (Å²) in [6.07, 6.45) is -0.944. The lowest BCUT2D eigenvalue weighted by Gasteiger charge is -2.62. The number of ether oxygens (including phenoxy) is 5. The summed E-state index contributed by atoms with van der Waals surface area (Å²) in [6, 6.07) is 0. The van der Waals surface area contributed by atoms with Gasteiger partial charge in [0.1, 0.15) is 41.5 Å². The molecule has 7 aliphatic rings. The lowest BCUT2D eigenvalue weighted by atomic mass is 9.42. The monoisotopic (exact) mass is 654 g/mol. The average Bonchev–Trinajstić information content (AvgIpc) is 3.65. The Balaban J connectivity index is 1.52. The van der Waals surface area contributed by atoms with Crippen LogP contribution >= 0.6 is 0 Å². The number of esters is 3. The van der Waals surface area contributed by atoms with Crippen molar-refractivity contribution in [2.24, 2.45) is 57.7 Å². The number of hydrogen-bond donors (Lipinski definition) is 2. The van der Waals surface area contributed by atoms with Crippen molar-refractivity contribution < 1.29 is 53.1 Å². The third-order valence-corrected chi connectivity index (χ3v) is 13.8. The Kier molecular flexibility index (Phi) is 6.69. The summed E-state index contributed by atoms with van der Waals surface area (Å²) in [5, 5.41) is 24.2. The quantitative estimate of drug-likeness (QED) is 0.258. The van der Waals surface area contributed by atoms with Gasteiger partial charge in [0.2, 0.25) is 5.78 Å². The van der Waals surface area contributed by atoms with E-state index in [9.17, 15) is 29.4 Å². The summed E-state index contributed by atoms with van der Waals surface area (Å²) >= 11 is 0. The van der Waals surface area contributed by atoms with Crippen molar-refractivity contribution in [3.05, 3.63) is 35.5 Å². The van der Waals surface area contributed by atoms with Gasteiger partial charge in [-0.1, -0.05) is 34.3 Å². The molecule has 1 unspecified atom stereocenters. The van der Waals surface area contributed by atoms with E-state index in [1.807, 2.05) is 40.7 Å². The topological polar surface area (TPSA) is 158 Å². The number of epoxide rings is 1.